The third-order valence-electron chi connectivity index (χ3n) is 4.16. The van der Waals surface area contributed by atoms with Crippen molar-refractivity contribution in [3.63, 3.8) is 0 Å². The zero-order valence-electron chi connectivity index (χ0n) is 13.7. The molecule has 2 heterocycles. The van der Waals surface area contributed by atoms with E-state index in [4.69, 9.17) is 9.47 Å². The molecule has 1 unspecified atom stereocenters. The van der Waals surface area contributed by atoms with E-state index in [1.165, 1.54) is 0 Å². The Hall–Kier alpha value is -3.28. The summed E-state index contributed by atoms with van der Waals surface area (Å²) in [7, 11) is 1.91. The highest BCUT2D eigenvalue weighted by atomic mass is 16.7. The third kappa shape index (κ3) is 2.94. The fourth-order valence-electron chi connectivity index (χ4n) is 2.85. The van der Waals surface area contributed by atoms with Crippen LogP contribution in [-0.4, -0.2) is 22.3 Å². The van der Waals surface area contributed by atoms with Gasteiger partial charge in [0.2, 0.25) is 6.79 Å². The van der Waals surface area contributed by atoms with Crippen LogP contribution in [0.2, 0.25) is 0 Å². The highest BCUT2D eigenvalue weighted by Crippen LogP contribution is 2.32. The van der Waals surface area contributed by atoms with Crippen LogP contribution in [-0.2, 0) is 7.05 Å². The minimum absolute atomic E-state index is 0.181. The van der Waals surface area contributed by atoms with Crippen molar-refractivity contribution in [1.82, 2.24) is 14.9 Å². The molecule has 0 saturated carbocycles. The molecule has 126 valence electrons. The summed E-state index contributed by atoms with van der Waals surface area (Å²) in [5.74, 6) is 1.80. The van der Waals surface area contributed by atoms with Gasteiger partial charge in [0.05, 0.1) is 0 Å². The van der Waals surface area contributed by atoms with Gasteiger partial charge in [0.1, 0.15) is 11.9 Å². The number of nitrogens with one attached hydrogen (secondary N) is 1. The van der Waals surface area contributed by atoms with Gasteiger partial charge in [0.25, 0.3) is 5.91 Å². The largest absolute Gasteiger partial charge is 0.454 e. The van der Waals surface area contributed by atoms with E-state index in [2.05, 4.69) is 10.3 Å². The summed E-state index contributed by atoms with van der Waals surface area (Å²) in [4.78, 5) is 17.2. The fraction of sp³-hybridized carbons (Fsp3) is 0.158. The molecule has 1 atom stereocenters. The molecule has 1 aromatic heterocycles. The Morgan fingerprint density at radius 1 is 1.16 bits per heavy atom. The molecular formula is C19H17N3O3. The van der Waals surface area contributed by atoms with Gasteiger partial charge in [0.15, 0.2) is 11.5 Å². The van der Waals surface area contributed by atoms with E-state index in [1.54, 1.807) is 24.4 Å². The van der Waals surface area contributed by atoms with E-state index in [1.807, 2.05) is 48.1 Å². The van der Waals surface area contributed by atoms with Gasteiger partial charge in [-0.25, -0.2) is 4.98 Å². The molecule has 0 saturated heterocycles. The van der Waals surface area contributed by atoms with Gasteiger partial charge < -0.3 is 19.4 Å². The molecule has 1 aliphatic rings. The molecule has 4 rings (SSSR count). The van der Waals surface area contributed by atoms with E-state index in [9.17, 15) is 4.79 Å². The molecule has 6 nitrogen and oxygen atoms in total. The van der Waals surface area contributed by atoms with Crippen LogP contribution < -0.4 is 14.8 Å². The number of hydrogen-bond acceptors (Lipinski definition) is 4. The second-order valence-electron chi connectivity index (χ2n) is 5.78. The quantitative estimate of drug-likeness (QED) is 0.796. The monoisotopic (exact) mass is 335 g/mol. The van der Waals surface area contributed by atoms with Gasteiger partial charge in [-0.05, 0) is 23.8 Å². The number of fused-ring (bicyclic) bond motifs is 1. The number of aryl methyl sites for hydroxylation is 1. The van der Waals surface area contributed by atoms with Crippen LogP contribution in [0.25, 0.3) is 0 Å². The Bertz CT molecular complexity index is 905. The number of aromatic nitrogens is 2. The molecule has 1 aliphatic heterocycles. The number of hydrogen-bond donors (Lipinski definition) is 1. The average molecular weight is 335 g/mol. The predicted octanol–water partition coefficient (Wildman–Crippen LogP) is 2.67. The van der Waals surface area contributed by atoms with Crippen LogP contribution in [0.15, 0.2) is 60.9 Å². The first-order valence-electron chi connectivity index (χ1n) is 7.95. The molecule has 0 radical (unpaired) electrons. The molecule has 25 heavy (non-hydrogen) atoms. The van der Waals surface area contributed by atoms with Gasteiger partial charge in [-0.1, -0.05) is 30.3 Å². The highest BCUT2D eigenvalue weighted by molar-refractivity contribution is 5.95. The van der Waals surface area contributed by atoms with Crippen LogP contribution in [0, 0.1) is 0 Å². The molecule has 3 aromatic rings. The lowest BCUT2D eigenvalue weighted by atomic mass is 10.1. The second-order valence-corrected chi connectivity index (χ2v) is 5.78. The Morgan fingerprint density at radius 2 is 1.96 bits per heavy atom. The molecule has 0 bridgehead atoms. The van der Waals surface area contributed by atoms with Crippen molar-refractivity contribution in [3.05, 3.63) is 77.9 Å². The molecule has 0 aliphatic carbocycles. The first-order valence-corrected chi connectivity index (χ1v) is 7.95. The molecule has 6 heteroatoms. The number of imidazole rings is 1. The minimum Gasteiger partial charge on any atom is -0.454 e. The summed E-state index contributed by atoms with van der Waals surface area (Å²) >= 11 is 0. The van der Waals surface area contributed by atoms with E-state index >= 15 is 0 Å². The zero-order chi connectivity index (χ0) is 17.2. The minimum atomic E-state index is -0.348. The maximum atomic E-state index is 12.8. The number of carbonyl (C=O) groups is 1. The van der Waals surface area contributed by atoms with Gasteiger partial charge in [-0.2, -0.15) is 0 Å². The number of ether oxygens (including phenoxy) is 2. The average Bonchev–Trinajstić information content (AvgIpc) is 3.28. The number of rotatable bonds is 4. The van der Waals surface area contributed by atoms with Gasteiger partial charge in [-0.15, -0.1) is 0 Å². The summed E-state index contributed by atoms with van der Waals surface area (Å²) in [6, 6.07) is 14.6. The van der Waals surface area contributed by atoms with Crippen molar-refractivity contribution < 1.29 is 14.3 Å². The predicted molar refractivity (Wildman–Crippen MR) is 91.5 cm³/mol. The lowest BCUT2D eigenvalue weighted by Gasteiger charge is -2.19. The van der Waals surface area contributed by atoms with E-state index in [-0.39, 0.29) is 18.7 Å². The summed E-state index contributed by atoms with van der Waals surface area (Å²) < 4.78 is 12.5. The number of carbonyl (C=O) groups excluding carboxylic acids is 1. The van der Waals surface area contributed by atoms with Gasteiger partial charge in [0, 0.05) is 25.0 Å². The molecule has 0 fully saturated rings. The Kier molecular flexibility index (Phi) is 3.85. The molecular weight excluding hydrogens is 318 g/mol. The zero-order valence-corrected chi connectivity index (χ0v) is 13.7. The first kappa shape index (κ1) is 15.3. The number of benzene rings is 2. The number of nitrogens with zero attached hydrogens (tertiary/aromatic N) is 2. The Morgan fingerprint density at radius 3 is 2.72 bits per heavy atom. The second kappa shape index (κ2) is 6.32. The lowest BCUT2D eigenvalue weighted by molar-refractivity contribution is 0.0940. The normalized spacial score (nSPS) is 13.5. The molecule has 0 spiro atoms. The van der Waals surface area contributed by atoms with Crippen molar-refractivity contribution in [1.29, 1.82) is 0 Å². The molecule has 2 aromatic carbocycles. The van der Waals surface area contributed by atoms with Crippen molar-refractivity contribution in [2.45, 2.75) is 6.04 Å². The van der Waals surface area contributed by atoms with Crippen LogP contribution in [0.1, 0.15) is 27.8 Å². The van der Waals surface area contributed by atoms with Crippen molar-refractivity contribution in [2.75, 3.05) is 6.79 Å². The molecule has 1 N–H and O–H groups in total. The summed E-state index contributed by atoms with van der Waals surface area (Å²) in [6.45, 7) is 0.181. The summed E-state index contributed by atoms with van der Waals surface area (Å²) in [5.41, 5.74) is 1.48. The van der Waals surface area contributed by atoms with E-state index < -0.39 is 0 Å². The van der Waals surface area contributed by atoms with Crippen LogP contribution in [0.5, 0.6) is 11.5 Å². The van der Waals surface area contributed by atoms with Crippen molar-refractivity contribution >= 4 is 5.91 Å². The van der Waals surface area contributed by atoms with Crippen LogP contribution in [0.4, 0.5) is 0 Å². The third-order valence-corrected chi connectivity index (χ3v) is 4.16. The van der Waals surface area contributed by atoms with Crippen molar-refractivity contribution in [2.24, 2.45) is 7.05 Å². The summed E-state index contributed by atoms with van der Waals surface area (Å²) in [6.07, 6.45) is 3.58. The van der Waals surface area contributed by atoms with Gasteiger partial charge >= 0.3 is 0 Å². The van der Waals surface area contributed by atoms with Crippen LogP contribution >= 0.6 is 0 Å². The topological polar surface area (TPSA) is 65.4 Å². The first-order chi connectivity index (χ1) is 12.2. The Balaban J connectivity index is 1.65. The standard InChI is InChI=1S/C19H17N3O3/c1-22-10-9-20-18(22)17(13-5-3-2-4-6-13)21-19(23)14-7-8-15-16(11-14)25-12-24-15/h2-11,17H,12H2,1H3,(H,21,23). The fourth-order valence-corrected chi connectivity index (χ4v) is 2.85. The Labute approximate surface area is 145 Å². The maximum absolute atomic E-state index is 12.8. The highest BCUT2D eigenvalue weighted by Gasteiger charge is 2.22. The SMILES string of the molecule is Cn1ccnc1C(NC(=O)c1ccc2c(c1)OCO2)c1ccccc1. The van der Waals surface area contributed by atoms with Crippen LogP contribution in [0.3, 0.4) is 0 Å². The van der Waals surface area contributed by atoms with E-state index in [0.29, 0.717) is 17.1 Å². The van der Waals surface area contributed by atoms with Gasteiger partial charge in [-0.3, -0.25) is 4.79 Å². The van der Waals surface area contributed by atoms with E-state index in [0.717, 1.165) is 11.4 Å². The smallest absolute Gasteiger partial charge is 0.252 e. The molecule has 1 amide bonds. The maximum Gasteiger partial charge on any atom is 0.252 e. The lowest BCUT2D eigenvalue weighted by Crippen LogP contribution is -2.31. The summed E-state index contributed by atoms with van der Waals surface area (Å²) in [5, 5.41) is 3.07. The van der Waals surface area contributed by atoms with Crippen molar-refractivity contribution in [3.8, 4) is 11.5 Å². The number of amides is 1.